The molecule has 0 aromatic carbocycles. The number of likely N-dealkylation sites (tertiary alicyclic amines) is 1. The lowest BCUT2D eigenvalue weighted by molar-refractivity contribution is 0.247. The van der Waals surface area contributed by atoms with Gasteiger partial charge >= 0.3 is 0 Å². The summed E-state index contributed by atoms with van der Waals surface area (Å²) in [5.74, 6) is 0.753. The van der Waals surface area contributed by atoms with E-state index in [1.807, 2.05) is 7.05 Å². The van der Waals surface area contributed by atoms with Gasteiger partial charge in [0.2, 0.25) is 0 Å². The summed E-state index contributed by atoms with van der Waals surface area (Å²) in [6.45, 7) is 2.15. The van der Waals surface area contributed by atoms with E-state index in [1.165, 1.54) is 18.7 Å². The zero-order valence-corrected chi connectivity index (χ0v) is 11.6. The third-order valence-corrected chi connectivity index (χ3v) is 3.82. The highest BCUT2D eigenvalue weighted by molar-refractivity contribution is 6.17. The molecule has 0 spiro atoms. The van der Waals surface area contributed by atoms with Crippen LogP contribution in [0.4, 0.5) is 10.2 Å². The Balaban J connectivity index is 2.19. The van der Waals surface area contributed by atoms with Crippen LogP contribution in [0.1, 0.15) is 18.4 Å². The van der Waals surface area contributed by atoms with Crippen LogP contribution < -0.4 is 4.90 Å². The van der Waals surface area contributed by atoms with Crippen LogP contribution in [0, 0.1) is 5.82 Å². The van der Waals surface area contributed by atoms with E-state index in [0.717, 1.165) is 30.9 Å². The number of rotatable bonds is 3. The lowest BCUT2D eigenvalue weighted by Crippen LogP contribution is -2.45. The van der Waals surface area contributed by atoms with Crippen LogP contribution in [-0.4, -0.2) is 43.1 Å². The van der Waals surface area contributed by atoms with Crippen LogP contribution in [0.15, 0.2) is 12.3 Å². The van der Waals surface area contributed by atoms with Gasteiger partial charge in [0, 0.05) is 25.2 Å². The van der Waals surface area contributed by atoms with E-state index in [1.54, 1.807) is 0 Å². The van der Waals surface area contributed by atoms with Crippen molar-refractivity contribution in [3.8, 4) is 0 Å². The Morgan fingerprint density at radius 1 is 1.61 bits per heavy atom. The molecule has 0 aliphatic carbocycles. The van der Waals surface area contributed by atoms with Gasteiger partial charge in [0.1, 0.15) is 11.6 Å². The van der Waals surface area contributed by atoms with Crippen molar-refractivity contribution < 1.29 is 4.39 Å². The first-order chi connectivity index (χ1) is 8.61. The maximum absolute atomic E-state index is 13.2. The molecule has 2 heterocycles. The van der Waals surface area contributed by atoms with Gasteiger partial charge in [-0.2, -0.15) is 0 Å². The van der Waals surface area contributed by atoms with Gasteiger partial charge in [-0.15, -0.1) is 11.6 Å². The molecule has 0 radical (unpaired) electrons. The van der Waals surface area contributed by atoms with Crippen molar-refractivity contribution in [2.24, 2.45) is 0 Å². The summed E-state index contributed by atoms with van der Waals surface area (Å²) in [6.07, 6.45) is 3.58. The summed E-state index contributed by atoms with van der Waals surface area (Å²) in [5.41, 5.74) is 0.757. The van der Waals surface area contributed by atoms with Gasteiger partial charge in [0.25, 0.3) is 0 Å². The first kappa shape index (κ1) is 13.6. The summed E-state index contributed by atoms with van der Waals surface area (Å²) in [4.78, 5) is 8.64. The summed E-state index contributed by atoms with van der Waals surface area (Å²) >= 11 is 5.87. The van der Waals surface area contributed by atoms with Crippen LogP contribution in [-0.2, 0) is 5.88 Å². The molecule has 3 nitrogen and oxygen atoms in total. The molecule has 1 aliphatic heterocycles. The number of anilines is 1. The fourth-order valence-electron chi connectivity index (χ4n) is 2.52. The molecule has 2 rings (SSSR count). The van der Waals surface area contributed by atoms with E-state index in [9.17, 15) is 4.39 Å². The van der Waals surface area contributed by atoms with Gasteiger partial charge in [-0.1, -0.05) is 0 Å². The van der Waals surface area contributed by atoms with E-state index in [0.29, 0.717) is 6.04 Å². The average molecular weight is 272 g/mol. The third kappa shape index (κ3) is 2.93. The number of piperidine rings is 1. The van der Waals surface area contributed by atoms with Crippen molar-refractivity contribution in [2.75, 3.05) is 32.1 Å². The average Bonchev–Trinajstić information content (AvgIpc) is 2.37. The highest BCUT2D eigenvalue weighted by Gasteiger charge is 2.23. The van der Waals surface area contributed by atoms with Crippen LogP contribution in [0.25, 0.3) is 0 Å². The normalized spacial score (nSPS) is 21.0. The number of pyridine rings is 1. The number of halogens is 2. The van der Waals surface area contributed by atoms with Crippen molar-refractivity contribution in [3.05, 3.63) is 23.6 Å². The molecular formula is C13H19ClFN3. The molecule has 5 heteroatoms. The SMILES string of the molecule is CN1CCCC(N(C)c2ncc(F)cc2CCl)C1. The second kappa shape index (κ2) is 5.85. The van der Waals surface area contributed by atoms with Crippen molar-refractivity contribution in [2.45, 2.75) is 24.8 Å². The van der Waals surface area contributed by atoms with Crippen LogP contribution in [0.2, 0.25) is 0 Å². The van der Waals surface area contributed by atoms with Crippen molar-refractivity contribution in [3.63, 3.8) is 0 Å². The minimum Gasteiger partial charge on any atom is -0.355 e. The van der Waals surface area contributed by atoms with E-state index in [2.05, 4.69) is 21.8 Å². The minimum absolute atomic E-state index is 0.285. The predicted molar refractivity (Wildman–Crippen MR) is 72.7 cm³/mol. The lowest BCUT2D eigenvalue weighted by Gasteiger charge is -2.37. The number of alkyl halides is 1. The largest absolute Gasteiger partial charge is 0.355 e. The van der Waals surface area contributed by atoms with Gasteiger partial charge in [-0.25, -0.2) is 9.37 Å². The highest BCUT2D eigenvalue weighted by atomic mass is 35.5. The topological polar surface area (TPSA) is 19.4 Å². The zero-order chi connectivity index (χ0) is 13.1. The Bertz CT molecular complexity index is 413. The molecule has 1 aliphatic rings. The van der Waals surface area contributed by atoms with Gasteiger partial charge in [-0.3, -0.25) is 0 Å². The molecule has 0 amide bonds. The smallest absolute Gasteiger partial charge is 0.141 e. The number of hydrogen-bond donors (Lipinski definition) is 0. The van der Waals surface area contributed by atoms with Crippen LogP contribution >= 0.6 is 11.6 Å². The Morgan fingerprint density at radius 2 is 2.39 bits per heavy atom. The first-order valence-electron chi connectivity index (χ1n) is 6.23. The number of aromatic nitrogens is 1. The summed E-state index contributed by atoms with van der Waals surface area (Å²) in [6, 6.07) is 1.89. The molecule has 1 fully saturated rings. The zero-order valence-electron chi connectivity index (χ0n) is 10.9. The Hall–Kier alpha value is -0.870. The van der Waals surface area contributed by atoms with E-state index in [-0.39, 0.29) is 11.7 Å². The Kier molecular flexibility index (Phi) is 4.40. The Labute approximate surface area is 113 Å². The second-order valence-electron chi connectivity index (χ2n) is 4.94. The van der Waals surface area contributed by atoms with Gasteiger partial charge in [0.15, 0.2) is 0 Å². The number of likely N-dealkylation sites (N-methyl/N-ethyl adjacent to an activating group) is 2. The summed E-state index contributed by atoms with van der Waals surface area (Å²) in [5, 5.41) is 0. The molecule has 1 unspecified atom stereocenters. The fraction of sp³-hybridized carbons (Fsp3) is 0.615. The molecule has 1 atom stereocenters. The number of nitrogens with zero attached hydrogens (tertiary/aromatic N) is 3. The fourth-order valence-corrected chi connectivity index (χ4v) is 2.71. The van der Waals surface area contributed by atoms with Crippen LogP contribution in [0.3, 0.4) is 0 Å². The first-order valence-corrected chi connectivity index (χ1v) is 6.77. The third-order valence-electron chi connectivity index (χ3n) is 3.53. The minimum atomic E-state index is -0.330. The summed E-state index contributed by atoms with van der Waals surface area (Å²) < 4.78 is 13.2. The van der Waals surface area contributed by atoms with Gasteiger partial charge in [-0.05, 0) is 32.5 Å². The molecule has 1 aromatic heterocycles. The lowest BCUT2D eigenvalue weighted by atomic mass is 10.0. The molecule has 100 valence electrons. The molecule has 0 bridgehead atoms. The van der Waals surface area contributed by atoms with Crippen molar-refractivity contribution >= 4 is 17.4 Å². The molecule has 0 saturated carbocycles. The summed E-state index contributed by atoms with van der Waals surface area (Å²) in [7, 11) is 4.14. The molecule has 1 aromatic rings. The van der Waals surface area contributed by atoms with E-state index in [4.69, 9.17) is 11.6 Å². The molecule has 0 N–H and O–H groups in total. The van der Waals surface area contributed by atoms with E-state index >= 15 is 0 Å². The Morgan fingerprint density at radius 3 is 3.06 bits per heavy atom. The maximum atomic E-state index is 13.2. The molecular weight excluding hydrogens is 253 g/mol. The monoisotopic (exact) mass is 271 g/mol. The molecule has 1 saturated heterocycles. The van der Waals surface area contributed by atoms with Gasteiger partial charge < -0.3 is 9.80 Å². The van der Waals surface area contributed by atoms with Gasteiger partial charge in [0.05, 0.1) is 12.1 Å². The highest BCUT2D eigenvalue weighted by Crippen LogP contribution is 2.24. The second-order valence-corrected chi connectivity index (χ2v) is 5.21. The van der Waals surface area contributed by atoms with Crippen molar-refractivity contribution in [1.29, 1.82) is 0 Å². The maximum Gasteiger partial charge on any atom is 0.141 e. The van der Waals surface area contributed by atoms with E-state index < -0.39 is 0 Å². The predicted octanol–water partition coefficient (Wildman–Crippen LogP) is 2.49. The number of hydrogen-bond acceptors (Lipinski definition) is 3. The molecule has 18 heavy (non-hydrogen) atoms. The standard InChI is InChI=1S/C13H19ClFN3/c1-17-5-3-4-12(9-17)18(2)13-10(7-14)6-11(15)8-16-13/h6,8,12H,3-5,7,9H2,1-2H3. The quantitative estimate of drug-likeness (QED) is 0.788. The van der Waals surface area contributed by atoms with Crippen LogP contribution in [0.5, 0.6) is 0 Å². The van der Waals surface area contributed by atoms with Crippen molar-refractivity contribution in [1.82, 2.24) is 9.88 Å².